The van der Waals surface area contributed by atoms with Crippen molar-refractivity contribution >= 4 is 27.2 Å². The molecule has 2 rings (SSSR count). The summed E-state index contributed by atoms with van der Waals surface area (Å²) < 4.78 is 21.9. The van der Waals surface area contributed by atoms with E-state index in [2.05, 4.69) is 0 Å². The summed E-state index contributed by atoms with van der Waals surface area (Å²) in [6.45, 7) is 0. The Morgan fingerprint density at radius 2 is 1.87 bits per heavy atom. The van der Waals surface area contributed by atoms with E-state index in [9.17, 15) is 13.5 Å². The smallest absolute Gasteiger partial charge is 0.168 e. The van der Waals surface area contributed by atoms with Gasteiger partial charge in [0.2, 0.25) is 0 Å². The van der Waals surface area contributed by atoms with Crippen molar-refractivity contribution in [3.63, 3.8) is 0 Å². The third-order valence-electron chi connectivity index (χ3n) is 2.22. The average molecular weight is 223 g/mol. The van der Waals surface area contributed by atoms with Crippen molar-refractivity contribution in [1.82, 2.24) is 0 Å². The van der Waals surface area contributed by atoms with Crippen LogP contribution < -0.4 is 5.73 Å². The number of phenols is 1. The second kappa shape index (κ2) is 3.43. The van der Waals surface area contributed by atoms with Crippen LogP contribution in [0.4, 0.5) is 5.69 Å². The number of phenolic OH excluding ortho intramolecular Hbond substituents is 1. The lowest BCUT2D eigenvalue weighted by molar-refractivity contribution is 0.482. The molecule has 0 spiro atoms. The van der Waals surface area contributed by atoms with Crippen molar-refractivity contribution in [2.75, 3.05) is 5.73 Å². The SMILES string of the molecule is Nc1ccc([SH](=O)=O)c2cccc(O)c12. The van der Waals surface area contributed by atoms with Gasteiger partial charge in [-0.1, -0.05) is 12.1 Å². The van der Waals surface area contributed by atoms with Gasteiger partial charge in [0.25, 0.3) is 0 Å². The van der Waals surface area contributed by atoms with Gasteiger partial charge in [-0.2, -0.15) is 0 Å². The van der Waals surface area contributed by atoms with Gasteiger partial charge in [0.1, 0.15) is 5.75 Å². The zero-order valence-corrected chi connectivity index (χ0v) is 8.57. The molecule has 0 heterocycles. The molecule has 0 saturated heterocycles. The maximum absolute atomic E-state index is 11.0. The first-order valence-corrected chi connectivity index (χ1v) is 5.43. The number of nitrogens with two attached hydrogens (primary N) is 1. The summed E-state index contributed by atoms with van der Waals surface area (Å²) in [4.78, 5) is 0.171. The van der Waals surface area contributed by atoms with Crippen molar-refractivity contribution < 1.29 is 13.5 Å². The first-order valence-electron chi connectivity index (χ1n) is 4.26. The van der Waals surface area contributed by atoms with Crippen LogP contribution in [0.1, 0.15) is 0 Å². The van der Waals surface area contributed by atoms with E-state index in [4.69, 9.17) is 5.73 Å². The Hall–Kier alpha value is -1.75. The van der Waals surface area contributed by atoms with Crippen molar-refractivity contribution in [2.24, 2.45) is 0 Å². The van der Waals surface area contributed by atoms with Gasteiger partial charge in [0, 0.05) is 16.5 Å². The highest BCUT2D eigenvalue weighted by Crippen LogP contribution is 2.32. The third-order valence-corrected chi connectivity index (χ3v) is 3.01. The Balaban J connectivity index is 3.01. The number of anilines is 1. The van der Waals surface area contributed by atoms with Crippen LogP contribution in [0.2, 0.25) is 0 Å². The van der Waals surface area contributed by atoms with Crippen LogP contribution in [0.5, 0.6) is 5.75 Å². The fraction of sp³-hybridized carbons (Fsp3) is 0. The summed E-state index contributed by atoms with van der Waals surface area (Å²) in [7, 11) is -2.69. The molecule has 0 aliphatic carbocycles. The Kier molecular flexibility index (Phi) is 2.24. The quantitative estimate of drug-likeness (QED) is 0.499. The summed E-state index contributed by atoms with van der Waals surface area (Å²) >= 11 is 0. The Bertz CT molecular complexity index is 589. The van der Waals surface area contributed by atoms with Crippen LogP contribution >= 0.6 is 0 Å². The number of hydrogen-bond donors (Lipinski definition) is 3. The molecule has 2 aromatic rings. The molecule has 0 bridgehead atoms. The zero-order chi connectivity index (χ0) is 11.0. The fourth-order valence-corrected chi connectivity index (χ4v) is 2.14. The van der Waals surface area contributed by atoms with E-state index in [0.717, 1.165) is 0 Å². The number of thiol groups is 1. The van der Waals surface area contributed by atoms with Gasteiger partial charge in [-0.15, -0.1) is 0 Å². The first kappa shape index (κ1) is 9.79. The maximum Gasteiger partial charge on any atom is 0.168 e. The van der Waals surface area contributed by atoms with Gasteiger partial charge in [-0.25, -0.2) is 8.42 Å². The molecule has 5 heteroatoms. The minimum absolute atomic E-state index is 0.0105. The highest BCUT2D eigenvalue weighted by molar-refractivity contribution is 7.72. The van der Waals surface area contributed by atoms with E-state index < -0.39 is 10.7 Å². The summed E-state index contributed by atoms with van der Waals surface area (Å²) in [5, 5.41) is 10.4. The predicted molar refractivity (Wildman–Crippen MR) is 58.6 cm³/mol. The molecule has 15 heavy (non-hydrogen) atoms. The molecule has 3 N–H and O–H groups in total. The number of benzene rings is 2. The number of fused-ring (bicyclic) bond motifs is 1. The molecular formula is C10H9NO3S. The molecule has 0 radical (unpaired) electrons. The van der Waals surface area contributed by atoms with E-state index in [-0.39, 0.29) is 10.6 Å². The van der Waals surface area contributed by atoms with Crippen LogP contribution in [0, 0.1) is 0 Å². The molecule has 2 aromatic carbocycles. The van der Waals surface area contributed by atoms with Gasteiger partial charge in [0.15, 0.2) is 10.7 Å². The fourth-order valence-electron chi connectivity index (χ4n) is 1.56. The molecule has 0 aliphatic heterocycles. The van der Waals surface area contributed by atoms with E-state index in [0.29, 0.717) is 16.5 Å². The second-order valence-electron chi connectivity index (χ2n) is 3.13. The van der Waals surface area contributed by atoms with Crippen LogP contribution in [-0.4, -0.2) is 13.5 Å². The van der Waals surface area contributed by atoms with E-state index in [1.54, 1.807) is 12.1 Å². The number of rotatable bonds is 1. The van der Waals surface area contributed by atoms with Crippen molar-refractivity contribution in [2.45, 2.75) is 4.90 Å². The van der Waals surface area contributed by atoms with Crippen molar-refractivity contribution in [3.05, 3.63) is 30.3 Å². The van der Waals surface area contributed by atoms with E-state index in [1.165, 1.54) is 18.2 Å². The number of nitrogen functional groups attached to an aromatic ring is 1. The average Bonchev–Trinajstić information content (AvgIpc) is 2.17. The second-order valence-corrected chi connectivity index (χ2v) is 4.13. The summed E-state index contributed by atoms with van der Waals surface area (Å²) in [6.07, 6.45) is 0. The largest absolute Gasteiger partial charge is 0.507 e. The lowest BCUT2D eigenvalue weighted by Crippen LogP contribution is -1.90. The normalized spacial score (nSPS) is 11.0. The lowest BCUT2D eigenvalue weighted by Gasteiger charge is -2.05. The molecule has 0 saturated carbocycles. The minimum atomic E-state index is -2.69. The standard InChI is InChI=1S/C10H9NO3S/c11-7-4-5-9(15(13)14)6-2-1-3-8(12)10(6)7/h1-5,12,15H,11H2. The molecule has 0 aliphatic rings. The Morgan fingerprint density at radius 1 is 1.13 bits per heavy atom. The summed E-state index contributed by atoms with van der Waals surface area (Å²) in [5.41, 5.74) is 6.03. The van der Waals surface area contributed by atoms with Gasteiger partial charge in [-0.05, 0) is 18.2 Å². The summed E-state index contributed by atoms with van der Waals surface area (Å²) in [5.74, 6) is -0.0105. The first-order chi connectivity index (χ1) is 7.11. The lowest BCUT2D eigenvalue weighted by atomic mass is 10.1. The molecule has 0 fully saturated rings. The molecule has 0 aromatic heterocycles. The van der Waals surface area contributed by atoms with Gasteiger partial charge in [0.05, 0.1) is 4.90 Å². The van der Waals surface area contributed by atoms with Crippen LogP contribution in [-0.2, 0) is 10.7 Å². The highest BCUT2D eigenvalue weighted by Gasteiger charge is 2.08. The molecule has 78 valence electrons. The predicted octanol–water partition coefficient (Wildman–Crippen LogP) is 1.10. The Morgan fingerprint density at radius 3 is 2.53 bits per heavy atom. The van der Waals surface area contributed by atoms with Gasteiger partial charge in [-0.3, -0.25) is 0 Å². The van der Waals surface area contributed by atoms with E-state index in [1.807, 2.05) is 0 Å². The highest BCUT2D eigenvalue weighted by atomic mass is 32.2. The number of aromatic hydroxyl groups is 1. The van der Waals surface area contributed by atoms with Crippen molar-refractivity contribution in [3.8, 4) is 5.75 Å². The molecule has 0 unspecified atom stereocenters. The molecule has 0 amide bonds. The Labute approximate surface area is 87.9 Å². The van der Waals surface area contributed by atoms with Gasteiger partial charge >= 0.3 is 0 Å². The molecule has 4 nitrogen and oxygen atoms in total. The molecule has 0 atom stereocenters. The van der Waals surface area contributed by atoms with Crippen LogP contribution in [0.3, 0.4) is 0 Å². The third kappa shape index (κ3) is 1.50. The van der Waals surface area contributed by atoms with Gasteiger partial charge < -0.3 is 10.8 Å². The monoisotopic (exact) mass is 223 g/mol. The summed E-state index contributed by atoms with van der Waals surface area (Å²) in [6, 6.07) is 7.58. The van der Waals surface area contributed by atoms with Crippen LogP contribution in [0.15, 0.2) is 35.2 Å². The number of hydrogen-bond acceptors (Lipinski definition) is 4. The zero-order valence-electron chi connectivity index (χ0n) is 7.68. The van der Waals surface area contributed by atoms with Crippen molar-refractivity contribution in [1.29, 1.82) is 0 Å². The maximum atomic E-state index is 11.0. The minimum Gasteiger partial charge on any atom is -0.507 e. The molecular weight excluding hydrogens is 214 g/mol. The van der Waals surface area contributed by atoms with E-state index >= 15 is 0 Å². The topological polar surface area (TPSA) is 80.4 Å². The van der Waals surface area contributed by atoms with Crippen LogP contribution in [0.25, 0.3) is 10.8 Å².